The van der Waals surface area contributed by atoms with Crippen LogP contribution in [0.25, 0.3) is 0 Å². The van der Waals surface area contributed by atoms with Gasteiger partial charge in [0, 0.05) is 62.0 Å². The van der Waals surface area contributed by atoms with Crippen LogP contribution in [0.1, 0.15) is 83.0 Å². The van der Waals surface area contributed by atoms with Crippen molar-refractivity contribution in [2.24, 2.45) is 0 Å². The van der Waals surface area contributed by atoms with Gasteiger partial charge in [-0.1, -0.05) is 63.2 Å². The Hall–Kier alpha value is -4.26. The van der Waals surface area contributed by atoms with Crippen molar-refractivity contribution in [2.45, 2.75) is 93.1 Å². The fraction of sp³-hybridized carbons (Fsp3) is 0.350. The molecule has 4 aromatic heterocycles. The first-order valence-corrected chi connectivity index (χ1v) is 16.3. The van der Waals surface area contributed by atoms with Crippen LogP contribution in [-0.4, -0.2) is 29.7 Å². The molecule has 6 nitrogen and oxygen atoms in total. The summed E-state index contributed by atoms with van der Waals surface area (Å²) in [6.07, 6.45) is 0. The fourth-order valence-corrected chi connectivity index (χ4v) is 5.90. The van der Waals surface area contributed by atoms with Gasteiger partial charge in [0.1, 0.15) is 0 Å². The first-order chi connectivity index (χ1) is 22.0. The number of aryl methyl sites for hydroxylation is 4. The summed E-state index contributed by atoms with van der Waals surface area (Å²) >= 11 is 0. The van der Waals surface area contributed by atoms with Crippen molar-refractivity contribution >= 4 is 0 Å². The van der Waals surface area contributed by atoms with Crippen LogP contribution in [-0.2, 0) is 44.7 Å². The molecule has 4 heterocycles. The Morgan fingerprint density at radius 3 is 1.00 bits per heavy atom. The van der Waals surface area contributed by atoms with Crippen molar-refractivity contribution in [1.82, 2.24) is 29.7 Å². The summed E-state index contributed by atoms with van der Waals surface area (Å²) in [6.45, 7) is 19.7. The van der Waals surface area contributed by atoms with Gasteiger partial charge < -0.3 is 0 Å². The van der Waals surface area contributed by atoms with Gasteiger partial charge >= 0.3 is 0 Å². The van der Waals surface area contributed by atoms with E-state index < -0.39 is 0 Å². The van der Waals surface area contributed by atoms with E-state index in [1.807, 2.05) is 0 Å². The zero-order valence-electron chi connectivity index (χ0n) is 28.6. The molecule has 46 heavy (non-hydrogen) atoms. The Morgan fingerprint density at radius 1 is 0.435 bits per heavy atom. The average molecular weight is 613 g/mol. The van der Waals surface area contributed by atoms with Gasteiger partial charge in [-0.05, 0) is 98.3 Å². The van der Waals surface area contributed by atoms with Crippen LogP contribution in [0.2, 0.25) is 0 Å². The molecule has 0 aliphatic heterocycles. The first-order valence-electron chi connectivity index (χ1n) is 16.3. The molecular formula is C40H48N6. The number of hydrogen-bond donors (Lipinski definition) is 0. The molecule has 0 atom stereocenters. The minimum atomic E-state index is 0.00676. The molecule has 5 aromatic rings. The molecule has 0 unspecified atom stereocenters. The molecule has 0 saturated heterocycles. The quantitative estimate of drug-likeness (QED) is 0.142. The van der Waals surface area contributed by atoms with E-state index in [1.54, 1.807) is 0 Å². The molecule has 0 amide bonds. The van der Waals surface area contributed by atoms with Crippen molar-refractivity contribution in [3.63, 3.8) is 0 Å². The summed E-state index contributed by atoms with van der Waals surface area (Å²) in [6, 6.07) is 32.3. The van der Waals surface area contributed by atoms with Crippen LogP contribution in [0, 0.1) is 27.7 Å². The van der Waals surface area contributed by atoms with Crippen molar-refractivity contribution in [3.8, 4) is 0 Å². The van der Waals surface area contributed by atoms with Crippen molar-refractivity contribution < 1.29 is 0 Å². The second-order valence-electron chi connectivity index (χ2n) is 13.7. The molecule has 1 aromatic carbocycles. The maximum atomic E-state index is 4.84. The van der Waals surface area contributed by atoms with Crippen molar-refractivity contribution in [3.05, 3.63) is 153 Å². The Kier molecular flexibility index (Phi) is 10.7. The standard InChI is InChI=1S/C40H48N6/c1-29-12-8-16-36(41-29)25-45(26-37-17-9-13-30(2)42-37)23-33-20-34(22-35(21-33)40(5,6)7)24-46(27-38-18-10-14-31(3)43-38)28-39-19-11-15-32(4)44-39/h8-22H,23-28H2,1-7H3. The van der Waals surface area contributed by atoms with E-state index in [1.165, 1.54) is 16.7 Å². The van der Waals surface area contributed by atoms with Crippen LogP contribution < -0.4 is 0 Å². The molecule has 0 aliphatic carbocycles. The molecule has 0 bridgehead atoms. The third-order valence-corrected chi connectivity index (χ3v) is 8.06. The van der Waals surface area contributed by atoms with Gasteiger partial charge in [-0.2, -0.15) is 0 Å². The van der Waals surface area contributed by atoms with Gasteiger partial charge in [0.15, 0.2) is 0 Å². The Balaban J connectivity index is 1.47. The van der Waals surface area contributed by atoms with E-state index >= 15 is 0 Å². The summed E-state index contributed by atoms with van der Waals surface area (Å²) in [5, 5.41) is 0. The number of nitrogens with zero attached hydrogens (tertiary/aromatic N) is 6. The molecule has 6 heteroatoms. The van der Waals surface area contributed by atoms with Crippen molar-refractivity contribution in [1.29, 1.82) is 0 Å². The topological polar surface area (TPSA) is 58.0 Å². The lowest BCUT2D eigenvalue weighted by Gasteiger charge is -2.27. The van der Waals surface area contributed by atoms with E-state index in [2.05, 4.69) is 149 Å². The molecule has 0 saturated carbocycles. The summed E-state index contributed by atoms with van der Waals surface area (Å²) in [7, 11) is 0. The van der Waals surface area contributed by atoms with Gasteiger partial charge in [-0.15, -0.1) is 0 Å². The smallest absolute Gasteiger partial charge is 0.0547 e. The first kappa shape index (κ1) is 33.1. The largest absolute Gasteiger partial charge is 0.287 e. The third-order valence-electron chi connectivity index (χ3n) is 8.06. The Morgan fingerprint density at radius 2 is 0.739 bits per heavy atom. The van der Waals surface area contributed by atoms with Crippen LogP contribution >= 0.6 is 0 Å². The lowest BCUT2D eigenvalue weighted by atomic mass is 9.85. The lowest BCUT2D eigenvalue weighted by molar-refractivity contribution is 0.237. The highest BCUT2D eigenvalue weighted by Gasteiger charge is 2.19. The number of benzene rings is 1. The van der Waals surface area contributed by atoms with Crippen LogP contribution in [0.3, 0.4) is 0 Å². The molecule has 0 N–H and O–H groups in total. The second kappa shape index (κ2) is 14.9. The summed E-state index contributed by atoms with van der Waals surface area (Å²) in [5.41, 5.74) is 12.4. The van der Waals surface area contributed by atoms with E-state index in [0.29, 0.717) is 0 Å². The number of aromatic nitrogens is 4. The average Bonchev–Trinajstić information content (AvgIpc) is 2.97. The van der Waals surface area contributed by atoms with Gasteiger partial charge in [0.05, 0.1) is 22.8 Å². The summed E-state index contributed by atoms with van der Waals surface area (Å²) < 4.78 is 0. The summed E-state index contributed by atoms with van der Waals surface area (Å²) in [4.78, 5) is 24.3. The molecular weight excluding hydrogens is 564 g/mol. The van der Waals surface area contributed by atoms with Crippen LogP contribution in [0.4, 0.5) is 0 Å². The van der Waals surface area contributed by atoms with Gasteiger partial charge in [0.25, 0.3) is 0 Å². The van der Waals surface area contributed by atoms with Crippen LogP contribution in [0.5, 0.6) is 0 Å². The number of pyridine rings is 4. The Labute approximate surface area is 275 Å². The molecule has 0 fully saturated rings. The van der Waals surface area contributed by atoms with Crippen molar-refractivity contribution in [2.75, 3.05) is 0 Å². The maximum absolute atomic E-state index is 4.84. The normalized spacial score (nSPS) is 11.8. The maximum Gasteiger partial charge on any atom is 0.0547 e. The van der Waals surface area contributed by atoms with E-state index in [0.717, 1.165) is 84.8 Å². The van der Waals surface area contributed by atoms with Gasteiger partial charge in [-0.25, -0.2) is 0 Å². The summed E-state index contributed by atoms with van der Waals surface area (Å²) in [5.74, 6) is 0. The molecule has 0 aliphatic rings. The molecule has 5 rings (SSSR count). The predicted molar refractivity (Wildman–Crippen MR) is 187 cm³/mol. The highest BCUT2D eigenvalue weighted by Crippen LogP contribution is 2.27. The molecule has 0 spiro atoms. The third kappa shape index (κ3) is 9.87. The minimum absolute atomic E-state index is 0.00676. The second-order valence-corrected chi connectivity index (χ2v) is 13.7. The minimum Gasteiger partial charge on any atom is -0.287 e. The fourth-order valence-electron chi connectivity index (χ4n) is 5.90. The van der Waals surface area contributed by atoms with Crippen LogP contribution in [0.15, 0.2) is 91.0 Å². The number of rotatable bonds is 12. The lowest BCUT2D eigenvalue weighted by Crippen LogP contribution is -2.26. The van der Waals surface area contributed by atoms with Gasteiger partial charge in [0.2, 0.25) is 0 Å². The zero-order chi connectivity index (χ0) is 32.7. The monoisotopic (exact) mass is 612 g/mol. The predicted octanol–water partition coefficient (Wildman–Crippen LogP) is 8.20. The SMILES string of the molecule is Cc1cccc(CN(Cc2cc(CN(Cc3cccc(C)n3)Cc3cccc(C)n3)cc(C(C)(C)C)c2)Cc2cccc(C)n2)n1. The zero-order valence-corrected chi connectivity index (χ0v) is 28.6. The van der Waals surface area contributed by atoms with E-state index in [4.69, 9.17) is 19.9 Å². The van der Waals surface area contributed by atoms with Gasteiger partial charge in [-0.3, -0.25) is 29.7 Å². The van der Waals surface area contributed by atoms with E-state index in [-0.39, 0.29) is 5.41 Å². The highest BCUT2D eigenvalue weighted by molar-refractivity contribution is 5.34. The molecule has 0 radical (unpaired) electrons. The molecule has 238 valence electrons. The number of hydrogen-bond acceptors (Lipinski definition) is 6. The Bertz CT molecular complexity index is 1540. The van der Waals surface area contributed by atoms with E-state index in [9.17, 15) is 0 Å². The highest BCUT2D eigenvalue weighted by atomic mass is 15.1.